The Bertz CT molecular complexity index is 1310. The van der Waals surface area contributed by atoms with Gasteiger partial charge in [0.05, 0.1) is 39.6 Å². The molecule has 0 aliphatic heterocycles. The molecule has 0 aliphatic carbocycles. The summed E-state index contributed by atoms with van der Waals surface area (Å²) in [7, 11) is 0. The van der Waals surface area contributed by atoms with Crippen LogP contribution in [0.15, 0.2) is 97.1 Å². The summed E-state index contributed by atoms with van der Waals surface area (Å²) in [6.45, 7) is -0.340. The number of ether oxygens (including phenoxy) is 4. The van der Waals surface area contributed by atoms with Crippen LogP contribution < -0.4 is 0 Å². The number of rotatable bonds is 17. The van der Waals surface area contributed by atoms with Crippen LogP contribution in [0, 0.1) is 11.6 Å². The zero-order chi connectivity index (χ0) is 31.3. The molecular weight excluding hydrogens is 574 g/mol. The van der Waals surface area contributed by atoms with Crippen molar-refractivity contribution in [1.29, 1.82) is 0 Å². The highest BCUT2D eigenvalue weighted by Crippen LogP contribution is 2.21. The SMILES string of the molecule is Oc1ccccc1COC[C@@H](OCc1ccc(F)cc1)[C@@H](O)[C@H](O)[C@@H](COCc1ccccc1O)OCc1ccc(F)cc1. The second kappa shape index (κ2) is 16.8. The Hall–Kier alpha value is -3.90. The lowest BCUT2D eigenvalue weighted by Gasteiger charge is -2.32. The fraction of sp³-hybridized carbons (Fsp3) is 0.294. The molecule has 0 unspecified atom stereocenters. The van der Waals surface area contributed by atoms with Crippen LogP contribution in [0.2, 0.25) is 0 Å². The third kappa shape index (κ3) is 10.1. The fourth-order valence-electron chi connectivity index (χ4n) is 4.33. The summed E-state index contributed by atoms with van der Waals surface area (Å²) in [6, 6.07) is 24.6. The Morgan fingerprint density at radius 1 is 0.500 bits per heavy atom. The molecule has 8 nitrogen and oxygen atoms in total. The van der Waals surface area contributed by atoms with Gasteiger partial charge >= 0.3 is 0 Å². The standard InChI is InChI=1S/C34H36F2O8/c35-27-13-9-23(10-14-27)17-43-31(21-41-19-25-5-1-3-7-29(25)37)33(39)34(40)32(44-18-24-11-15-28(36)16-12-24)22-42-20-26-6-2-4-8-30(26)38/h1-16,31-34,37-40H,17-22H2/t31-,32-,33-,34-/m1/s1. The minimum Gasteiger partial charge on any atom is -0.508 e. The molecule has 0 aliphatic rings. The summed E-state index contributed by atoms with van der Waals surface area (Å²) in [4.78, 5) is 0. The quantitative estimate of drug-likeness (QED) is 0.132. The van der Waals surface area contributed by atoms with Crippen molar-refractivity contribution in [3.05, 3.63) is 131 Å². The highest BCUT2D eigenvalue weighted by Gasteiger charge is 2.34. The van der Waals surface area contributed by atoms with Crippen LogP contribution in [-0.4, -0.2) is 58.1 Å². The Kier molecular flexibility index (Phi) is 12.6. The number of para-hydroxylation sites is 2. The molecule has 10 heteroatoms. The molecule has 0 saturated carbocycles. The highest BCUT2D eigenvalue weighted by atomic mass is 19.1. The number of phenols is 2. The van der Waals surface area contributed by atoms with E-state index in [1.165, 1.54) is 36.4 Å². The second-order valence-corrected chi connectivity index (χ2v) is 10.2. The summed E-state index contributed by atoms with van der Waals surface area (Å²) in [5.41, 5.74) is 2.32. The number of aliphatic hydroxyl groups excluding tert-OH is 2. The Balaban J connectivity index is 1.46. The molecule has 234 valence electrons. The first-order valence-electron chi connectivity index (χ1n) is 14.1. The van der Waals surface area contributed by atoms with Crippen molar-refractivity contribution >= 4 is 0 Å². The largest absolute Gasteiger partial charge is 0.508 e. The fourth-order valence-corrected chi connectivity index (χ4v) is 4.33. The molecule has 0 saturated heterocycles. The van der Waals surface area contributed by atoms with Gasteiger partial charge in [-0.25, -0.2) is 8.78 Å². The van der Waals surface area contributed by atoms with Crippen LogP contribution in [-0.2, 0) is 45.4 Å². The molecule has 4 aromatic carbocycles. The molecule has 0 spiro atoms. The van der Waals surface area contributed by atoms with Gasteiger partial charge in [0.25, 0.3) is 0 Å². The second-order valence-electron chi connectivity index (χ2n) is 10.2. The van der Waals surface area contributed by atoms with Crippen LogP contribution in [0.25, 0.3) is 0 Å². The van der Waals surface area contributed by atoms with Crippen molar-refractivity contribution in [3.8, 4) is 11.5 Å². The van der Waals surface area contributed by atoms with E-state index in [1.807, 2.05) is 0 Å². The third-order valence-electron chi connectivity index (χ3n) is 6.93. The molecule has 0 radical (unpaired) electrons. The minimum absolute atomic E-state index is 0.0140. The molecule has 4 atom stereocenters. The van der Waals surface area contributed by atoms with E-state index in [2.05, 4.69) is 0 Å². The number of phenolic OH excluding ortho intramolecular Hbond substituents is 2. The first-order valence-corrected chi connectivity index (χ1v) is 14.1. The van der Waals surface area contributed by atoms with E-state index >= 15 is 0 Å². The van der Waals surface area contributed by atoms with Gasteiger partial charge in [0.1, 0.15) is 47.5 Å². The van der Waals surface area contributed by atoms with E-state index in [1.54, 1.807) is 60.7 Å². The molecule has 4 aromatic rings. The number of halogens is 2. The highest BCUT2D eigenvalue weighted by molar-refractivity contribution is 5.31. The lowest BCUT2D eigenvalue weighted by atomic mass is 10.0. The van der Waals surface area contributed by atoms with Gasteiger partial charge < -0.3 is 39.4 Å². The van der Waals surface area contributed by atoms with Gasteiger partial charge in [-0.2, -0.15) is 0 Å². The van der Waals surface area contributed by atoms with E-state index in [0.29, 0.717) is 22.3 Å². The number of hydrogen-bond donors (Lipinski definition) is 4. The summed E-state index contributed by atoms with van der Waals surface area (Å²) in [6.07, 6.45) is -5.22. The maximum absolute atomic E-state index is 13.4. The van der Waals surface area contributed by atoms with E-state index in [-0.39, 0.29) is 51.1 Å². The normalized spacial score (nSPS) is 14.2. The predicted molar refractivity (Wildman–Crippen MR) is 157 cm³/mol. The van der Waals surface area contributed by atoms with Gasteiger partial charge in [-0.3, -0.25) is 0 Å². The number of aliphatic hydroxyl groups is 2. The Morgan fingerprint density at radius 2 is 0.864 bits per heavy atom. The maximum Gasteiger partial charge on any atom is 0.123 e. The summed E-state index contributed by atoms with van der Waals surface area (Å²) >= 11 is 0. The van der Waals surface area contributed by atoms with Gasteiger partial charge in [0.15, 0.2) is 0 Å². The molecular formula is C34H36F2O8. The van der Waals surface area contributed by atoms with Crippen molar-refractivity contribution in [3.63, 3.8) is 0 Å². The van der Waals surface area contributed by atoms with Crippen LogP contribution in [0.1, 0.15) is 22.3 Å². The van der Waals surface area contributed by atoms with E-state index in [4.69, 9.17) is 18.9 Å². The average Bonchev–Trinajstić information content (AvgIpc) is 3.03. The van der Waals surface area contributed by atoms with Gasteiger partial charge in [-0.15, -0.1) is 0 Å². The number of benzene rings is 4. The Labute approximate surface area is 254 Å². The molecule has 0 aromatic heterocycles. The first kappa shape index (κ1) is 33.0. The predicted octanol–water partition coefficient (Wildman–Crippen LogP) is 5.00. The zero-order valence-corrected chi connectivity index (χ0v) is 24.0. The molecule has 0 bridgehead atoms. The molecule has 4 N–H and O–H groups in total. The maximum atomic E-state index is 13.4. The van der Waals surface area contributed by atoms with Crippen LogP contribution in [0.4, 0.5) is 8.78 Å². The summed E-state index contributed by atoms with van der Waals surface area (Å²) in [5, 5.41) is 42.8. The van der Waals surface area contributed by atoms with Gasteiger partial charge in [-0.1, -0.05) is 60.7 Å². The lowest BCUT2D eigenvalue weighted by molar-refractivity contribution is -0.170. The molecule has 0 fully saturated rings. The number of aromatic hydroxyl groups is 2. The summed E-state index contributed by atoms with van der Waals surface area (Å²) < 4.78 is 50.2. The topological polar surface area (TPSA) is 118 Å². The number of hydrogen-bond acceptors (Lipinski definition) is 8. The monoisotopic (exact) mass is 610 g/mol. The lowest BCUT2D eigenvalue weighted by Crippen LogP contribution is -2.49. The smallest absolute Gasteiger partial charge is 0.123 e. The van der Waals surface area contributed by atoms with Gasteiger partial charge in [0.2, 0.25) is 0 Å². The third-order valence-corrected chi connectivity index (χ3v) is 6.93. The zero-order valence-electron chi connectivity index (χ0n) is 24.0. The van der Waals surface area contributed by atoms with Gasteiger partial charge in [-0.05, 0) is 47.5 Å². The molecule has 0 amide bonds. The van der Waals surface area contributed by atoms with Crippen molar-refractivity contribution in [2.45, 2.75) is 50.8 Å². The minimum atomic E-state index is -1.54. The van der Waals surface area contributed by atoms with Crippen LogP contribution in [0.5, 0.6) is 11.5 Å². The molecule has 4 rings (SSSR count). The molecule has 44 heavy (non-hydrogen) atoms. The Morgan fingerprint density at radius 3 is 1.23 bits per heavy atom. The summed E-state index contributed by atoms with van der Waals surface area (Å²) in [5.74, 6) is -0.714. The van der Waals surface area contributed by atoms with E-state index in [0.717, 1.165) is 0 Å². The van der Waals surface area contributed by atoms with Gasteiger partial charge in [0, 0.05) is 11.1 Å². The van der Waals surface area contributed by atoms with Crippen molar-refractivity contribution in [1.82, 2.24) is 0 Å². The van der Waals surface area contributed by atoms with Crippen molar-refractivity contribution < 1.29 is 48.2 Å². The average molecular weight is 611 g/mol. The molecule has 0 heterocycles. The first-order chi connectivity index (χ1) is 21.3. The van der Waals surface area contributed by atoms with E-state index in [9.17, 15) is 29.2 Å². The van der Waals surface area contributed by atoms with Crippen molar-refractivity contribution in [2.24, 2.45) is 0 Å². The van der Waals surface area contributed by atoms with Crippen molar-refractivity contribution in [2.75, 3.05) is 13.2 Å². The van der Waals surface area contributed by atoms with Crippen LogP contribution in [0.3, 0.4) is 0 Å². The van der Waals surface area contributed by atoms with Crippen LogP contribution >= 0.6 is 0 Å². The van der Waals surface area contributed by atoms with E-state index < -0.39 is 36.1 Å².